The van der Waals surface area contributed by atoms with Crippen LogP contribution in [0.3, 0.4) is 0 Å². The molecule has 0 aliphatic rings. The number of carbonyl (C=O) groups is 2. The fourth-order valence-corrected chi connectivity index (χ4v) is 2.82. The molecule has 0 aliphatic heterocycles. The average Bonchev–Trinajstić information content (AvgIpc) is 2.79. The Morgan fingerprint density at radius 2 is 1.47 bits per heavy atom. The van der Waals surface area contributed by atoms with Crippen LogP contribution in [-0.4, -0.2) is 24.5 Å². The van der Waals surface area contributed by atoms with Crippen molar-refractivity contribution in [1.82, 2.24) is 5.32 Å². The highest BCUT2D eigenvalue weighted by atomic mass is 16.5. The molecule has 0 heterocycles. The molecule has 1 N–H and O–H groups in total. The fourth-order valence-electron chi connectivity index (χ4n) is 2.82. The van der Waals surface area contributed by atoms with E-state index in [1.54, 1.807) is 19.1 Å². The molecule has 5 heteroatoms. The molecule has 0 spiro atoms. The summed E-state index contributed by atoms with van der Waals surface area (Å²) in [7, 11) is 0. The van der Waals surface area contributed by atoms with Gasteiger partial charge in [0.1, 0.15) is 12.4 Å². The van der Waals surface area contributed by atoms with Gasteiger partial charge in [-0.1, -0.05) is 60.7 Å². The minimum absolute atomic E-state index is 0.313. The lowest BCUT2D eigenvalue weighted by atomic mass is 10.1. The van der Waals surface area contributed by atoms with E-state index in [1.807, 2.05) is 72.8 Å². The summed E-state index contributed by atoms with van der Waals surface area (Å²) in [6.45, 7) is 2.46. The maximum Gasteiger partial charge on any atom is 0.338 e. The summed E-state index contributed by atoms with van der Waals surface area (Å²) in [5.41, 5.74) is 2.46. The van der Waals surface area contributed by atoms with Crippen molar-refractivity contribution in [3.63, 3.8) is 0 Å². The highest BCUT2D eigenvalue weighted by Gasteiger charge is 2.18. The highest BCUT2D eigenvalue weighted by molar-refractivity contribution is 5.92. The molecule has 1 unspecified atom stereocenters. The van der Waals surface area contributed by atoms with Gasteiger partial charge >= 0.3 is 5.97 Å². The molecule has 3 aromatic carbocycles. The van der Waals surface area contributed by atoms with E-state index >= 15 is 0 Å². The summed E-state index contributed by atoms with van der Waals surface area (Å²) in [4.78, 5) is 24.5. The Kier molecular flexibility index (Phi) is 7.61. The van der Waals surface area contributed by atoms with Crippen molar-refractivity contribution in [2.24, 2.45) is 0 Å². The average molecular weight is 403 g/mol. The number of rotatable bonds is 9. The minimum Gasteiger partial charge on any atom is -0.489 e. The zero-order valence-corrected chi connectivity index (χ0v) is 16.9. The maximum atomic E-state index is 12.3. The first-order chi connectivity index (χ1) is 14.6. The zero-order valence-electron chi connectivity index (χ0n) is 16.9. The quantitative estimate of drug-likeness (QED) is 0.545. The molecule has 30 heavy (non-hydrogen) atoms. The Hall–Kier alpha value is -3.60. The van der Waals surface area contributed by atoms with Gasteiger partial charge in [0.2, 0.25) is 0 Å². The summed E-state index contributed by atoms with van der Waals surface area (Å²) in [5.74, 6) is -0.0588. The van der Waals surface area contributed by atoms with E-state index in [4.69, 9.17) is 9.47 Å². The summed E-state index contributed by atoms with van der Waals surface area (Å²) in [6.07, 6.45) is -0.144. The number of hydrogen-bond donors (Lipinski definition) is 1. The Morgan fingerprint density at radius 1 is 0.833 bits per heavy atom. The standard InChI is InChI=1S/C25H25NO4/c1-19(24(27)26-17-16-20-8-4-2-5-9-20)30-25(28)22-14-12-21(13-15-22)18-29-23-10-6-3-7-11-23/h2-15,19H,16-18H2,1H3,(H,26,27). The van der Waals surface area contributed by atoms with Gasteiger partial charge in [-0.05, 0) is 48.7 Å². The topological polar surface area (TPSA) is 64.6 Å². The second kappa shape index (κ2) is 10.8. The Balaban J connectivity index is 1.43. The van der Waals surface area contributed by atoms with Crippen molar-refractivity contribution in [3.05, 3.63) is 102 Å². The molecule has 0 saturated carbocycles. The van der Waals surface area contributed by atoms with Gasteiger partial charge in [-0.25, -0.2) is 4.79 Å². The molecule has 0 aromatic heterocycles. The maximum absolute atomic E-state index is 12.3. The molecule has 1 atom stereocenters. The molecule has 154 valence electrons. The van der Waals surface area contributed by atoms with Crippen LogP contribution in [-0.2, 0) is 22.6 Å². The molecule has 0 fully saturated rings. The van der Waals surface area contributed by atoms with Gasteiger partial charge in [0.15, 0.2) is 6.10 Å². The lowest BCUT2D eigenvalue weighted by Crippen LogP contribution is -2.36. The normalized spacial score (nSPS) is 11.4. The molecule has 1 amide bonds. The number of esters is 1. The van der Waals surface area contributed by atoms with Gasteiger partial charge in [-0.3, -0.25) is 4.79 Å². The van der Waals surface area contributed by atoms with Gasteiger partial charge < -0.3 is 14.8 Å². The molecule has 0 saturated heterocycles. The molecular weight excluding hydrogens is 378 g/mol. The number of nitrogens with one attached hydrogen (secondary N) is 1. The van der Waals surface area contributed by atoms with Crippen molar-refractivity contribution in [2.75, 3.05) is 6.54 Å². The third-order valence-corrected chi connectivity index (χ3v) is 4.55. The van der Waals surface area contributed by atoms with Crippen molar-refractivity contribution in [1.29, 1.82) is 0 Å². The largest absolute Gasteiger partial charge is 0.489 e. The molecule has 0 aliphatic carbocycles. The van der Waals surface area contributed by atoms with E-state index in [0.717, 1.165) is 23.3 Å². The number of ether oxygens (including phenoxy) is 2. The van der Waals surface area contributed by atoms with E-state index in [2.05, 4.69) is 5.32 Å². The van der Waals surface area contributed by atoms with Gasteiger partial charge in [0.05, 0.1) is 5.56 Å². The first-order valence-corrected chi connectivity index (χ1v) is 9.91. The van der Waals surface area contributed by atoms with Crippen LogP contribution < -0.4 is 10.1 Å². The van der Waals surface area contributed by atoms with Crippen LogP contribution in [0.5, 0.6) is 5.75 Å². The SMILES string of the molecule is CC(OC(=O)c1ccc(COc2ccccc2)cc1)C(=O)NCCc1ccccc1. The molecule has 3 aromatic rings. The number of hydrogen-bond acceptors (Lipinski definition) is 4. The van der Waals surface area contributed by atoms with Gasteiger partial charge in [-0.2, -0.15) is 0 Å². The molecule has 0 bridgehead atoms. The monoisotopic (exact) mass is 403 g/mol. The third-order valence-electron chi connectivity index (χ3n) is 4.55. The zero-order chi connectivity index (χ0) is 21.2. The van der Waals surface area contributed by atoms with E-state index in [0.29, 0.717) is 18.7 Å². The smallest absolute Gasteiger partial charge is 0.338 e. The van der Waals surface area contributed by atoms with E-state index in [1.165, 1.54) is 0 Å². The van der Waals surface area contributed by atoms with Crippen molar-refractivity contribution >= 4 is 11.9 Å². The predicted octanol–water partition coefficient (Wildman–Crippen LogP) is 4.17. The molecular formula is C25H25NO4. The molecule has 5 nitrogen and oxygen atoms in total. The van der Waals surface area contributed by atoms with Crippen molar-refractivity contribution in [2.45, 2.75) is 26.1 Å². The number of amides is 1. The van der Waals surface area contributed by atoms with Gasteiger partial charge in [0.25, 0.3) is 5.91 Å². The van der Waals surface area contributed by atoms with E-state index in [9.17, 15) is 9.59 Å². The van der Waals surface area contributed by atoms with Gasteiger partial charge in [0, 0.05) is 6.54 Å². The second-order valence-corrected chi connectivity index (χ2v) is 6.87. The lowest BCUT2D eigenvalue weighted by molar-refractivity contribution is -0.129. The van der Waals surface area contributed by atoms with Crippen LogP contribution in [0.2, 0.25) is 0 Å². The Labute approximate surface area is 176 Å². The minimum atomic E-state index is -0.866. The van der Waals surface area contributed by atoms with E-state index in [-0.39, 0.29) is 5.91 Å². The second-order valence-electron chi connectivity index (χ2n) is 6.87. The van der Waals surface area contributed by atoms with Crippen LogP contribution in [0.1, 0.15) is 28.4 Å². The number of benzene rings is 3. The highest BCUT2D eigenvalue weighted by Crippen LogP contribution is 2.13. The first kappa shape index (κ1) is 21.1. The van der Waals surface area contributed by atoms with Crippen LogP contribution in [0, 0.1) is 0 Å². The van der Waals surface area contributed by atoms with Crippen LogP contribution >= 0.6 is 0 Å². The molecule has 3 rings (SSSR count). The molecule has 0 radical (unpaired) electrons. The van der Waals surface area contributed by atoms with Crippen molar-refractivity contribution < 1.29 is 19.1 Å². The predicted molar refractivity (Wildman–Crippen MR) is 115 cm³/mol. The summed E-state index contributed by atoms with van der Waals surface area (Å²) < 4.78 is 11.0. The van der Waals surface area contributed by atoms with Crippen LogP contribution in [0.15, 0.2) is 84.9 Å². The summed E-state index contributed by atoms with van der Waals surface area (Å²) in [5, 5.41) is 2.80. The Morgan fingerprint density at radius 3 is 2.13 bits per heavy atom. The fraction of sp³-hybridized carbons (Fsp3) is 0.200. The van der Waals surface area contributed by atoms with Gasteiger partial charge in [-0.15, -0.1) is 0 Å². The summed E-state index contributed by atoms with van der Waals surface area (Å²) in [6, 6.07) is 26.4. The summed E-state index contributed by atoms with van der Waals surface area (Å²) >= 11 is 0. The lowest BCUT2D eigenvalue weighted by Gasteiger charge is -2.14. The number of carbonyl (C=O) groups excluding carboxylic acids is 2. The van der Waals surface area contributed by atoms with E-state index < -0.39 is 12.1 Å². The van der Waals surface area contributed by atoms with Crippen molar-refractivity contribution in [3.8, 4) is 5.75 Å². The third kappa shape index (κ3) is 6.48. The van der Waals surface area contributed by atoms with Crippen LogP contribution in [0.4, 0.5) is 0 Å². The Bertz CT molecular complexity index is 940. The first-order valence-electron chi connectivity index (χ1n) is 9.91. The van der Waals surface area contributed by atoms with Crippen LogP contribution in [0.25, 0.3) is 0 Å². The number of para-hydroxylation sites is 1.